The molecule has 1 unspecified atom stereocenters. The van der Waals surface area contributed by atoms with Gasteiger partial charge in [0.15, 0.2) is 0 Å². The summed E-state index contributed by atoms with van der Waals surface area (Å²) in [6.45, 7) is 7.24. The SMILES string of the molecule is C=C(F)CC(C)CC. The Balaban J connectivity index is 3.24. The van der Waals surface area contributed by atoms with Crippen molar-refractivity contribution in [3.63, 3.8) is 0 Å². The Morgan fingerprint density at radius 3 is 2.38 bits per heavy atom. The lowest BCUT2D eigenvalue weighted by Crippen LogP contribution is -1.90. The molecule has 0 saturated heterocycles. The van der Waals surface area contributed by atoms with Gasteiger partial charge < -0.3 is 0 Å². The Bertz CT molecular complexity index is 76.5. The van der Waals surface area contributed by atoms with E-state index in [0.717, 1.165) is 6.42 Å². The van der Waals surface area contributed by atoms with Crippen LogP contribution in [0.3, 0.4) is 0 Å². The molecule has 1 atom stereocenters. The van der Waals surface area contributed by atoms with E-state index in [1.54, 1.807) is 0 Å². The molecule has 0 N–H and O–H groups in total. The summed E-state index contributed by atoms with van der Waals surface area (Å²) in [4.78, 5) is 0. The Morgan fingerprint density at radius 2 is 2.25 bits per heavy atom. The Morgan fingerprint density at radius 1 is 1.75 bits per heavy atom. The predicted molar refractivity (Wildman–Crippen MR) is 34.3 cm³/mol. The summed E-state index contributed by atoms with van der Waals surface area (Å²) in [5.74, 6) is 0.256. The van der Waals surface area contributed by atoms with Gasteiger partial charge in [0, 0.05) is 6.42 Å². The molecule has 8 heavy (non-hydrogen) atoms. The van der Waals surface area contributed by atoms with Crippen LogP contribution in [0.15, 0.2) is 12.4 Å². The van der Waals surface area contributed by atoms with Gasteiger partial charge in [-0.1, -0.05) is 26.8 Å². The van der Waals surface area contributed by atoms with Gasteiger partial charge in [0.1, 0.15) is 0 Å². The van der Waals surface area contributed by atoms with Crippen LogP contribution in [0.5, 0.6) is 0 Å². The standard InChI is InChI=1S/C7H13F/c1-4-6(2)5-7(3)8/h6H,3-5H2,1-2H3. The van der Waals surface area contributed by atoms with E-state index in [9.17, 15) is 4.39 Å². The van der Waals surface area contributed by atoms with Crippen LogP contribution in [0, 0.1) is 5.92 Å². The van der Waals surface area contributed by atoms with Gasteiger partial charge in [0.2, 0.25) is 0 Å². The van der Waals surface area contributed by atoms with Crippen molar-refractivity contribution in [1.82, 2.24) is 0 Å². The third-order valence-electron chi connectivity index (χ3n) is 1.27. The molecule has 0 fully saturated rings. The topological polar surface area (TPSA) is 0 Å². The van der Waals surface area contributed by atoms with E-state index in [0.29, 0.717) is 12.3 Å². The van der Waals surface area contributed by atoms with Crippen LogP contribution in [0.25, 0.3) is 0 Å². The zero-order valence-electron chi connectivity index (χ0n) is 5.58. The monoisotopic (exact) mass is 116 g/mol. The largest absolute Gasteiger partial charge is 0.212 e. The fraction of sp³-hybridized carbons (Fsp3) is 0.714. The summed E-state index contributed by atoms with van der Waals surface area (Å²) in [6.07, 6.45) is 1.56. The molecule has 48 valence electrons. The quantitative estimate of drug-likeness (QED) is 0.531. The number of allylic oxidation sites excluding steroid dienone is 1. The number of hydrogen-bond acceptors (Lipinski definition) is 0. The van der Waals surface area contributed by atoms with E-state index in [4.69, 9.17) is 0 Å². The fourth-order valence-corrected chi connectivity index (χ4v) is 0.522. The van der Waals surface area contributed by atoms with Crippen LogP contribution in [0.4, 0.5) is 4.39 Å². The van der Waals surface area contributed by atoms with Crippen LogP contribution in [-0.4, -0.2) is 0 Å². The highest BCUT2D eigenvalue weighted by Gasteiger charge is 1.98. The second-order valence-corrected chi connectivity index (χ2v) is 2.23. The van der Waals surface area contributed by atoms with Crippen LogP contribution in [0.2, 0.25) is 0 Å². The van der Waals surface area contributed by atoms with Gasteiger partial charge in [-0.2, -0.15) is 0 Å². The normalized spacial score (nSPS) is 13.4. The predicted octanol–water partition coefficient (Wildman–Crippen LogP) is 2.91. The van der Waals surface area contributed by atoms with Crippen molar-refractivity contribution in [2.24, 2.45) is 5.92 Å². The molecule has 0 aliphatic carbocycles. The van der Waals surface area contributed by atoms with Crippen molar-refractivity contribution in [3.05, 3.63) is 12.4 Å². The van der Waals surface area contributed by atoms with E-state index >= 15 is 0 Å². The zero-order valence-corrected chi connectivity index (χ0v) is 5.58. The highest BCUT2D eigenvalue weighted by atomic mass is 19.1. The molecule has 0 amide bonds. The molecule has 0 saturated carbocycles. The summed E-state index contributed by atoms with van der Waals surface area (Å²) < 4.78 is 11.9. The van der Waals surface area contributed by atoms with E-state index in [1.807, 2.05) is 13.8 Å². The van der Waals surface area contributed by atoms with Gasteiger partial charge >= 0.3 is 0 Å². The minimum Gasteiger partial charge on any atom is -0.212 e. The molecule has 0 nitrogen and oxygen atoms in total. The molecule has 0 heterocycles. The molecule has 0 radical (unpaired) electrons. The van der Waals surface area contributed by atoms with E-state index in [-0.39, 0.29) is 5.83 Å². The summed E-state index contributed by atoms with van der Waals surface area (Å²) in [7, 11) is 0. The van der Waals surface area contributed by atoms with Crippen molar-refractivity contribution in [2.75, 3.05) is 0 Å². The molecule has 0 aliphatic heterocycles. The molecule has 0 rings (SSSR count). The molecule has 0 bridgehead atoms. The Kier molecular flexibility index (Phi) is 3.49. The Hall–Kier alpha value is -0.330. The van der Waals surface area contributed by atoms with Crippen molar-refractivity contribution in [2.45, 2.75) is 26.7 Å². The van der Waals surface area contributed by atoms with Gasteiger partial charge in [-0.3, -0.25) is 0 Å². The third-order valence-corrected chi connectivity index (χ3v) is 1.27. The summed E-state index contributed by atoms with van der Waals surface area (Å²) in [5, 5.41) is 0. The lowest BCUT2D eigenvalue weighted by Gasteiger charge is -2.02. The van der Waals surface area contributed by atoms with E-state index in [2.05, 4.69) is 6.58 Å². The minimum absolute atomic E-state index is 0.195. The first-order valence-corrected chi connectivity index (χ1v) is 3.00. The molecule has 0 aliphatic rings. The molecule has 0 aromatic rings. The minimum atomic E-state index is -0.195. The van der Waals surface area contributed by atoms with Crippen molar-refractivity contribution >= 4 is 0 Å². The number of halogens is 1. The van der Waals surface area contributed by atoms with E-state index in [1.165, 1.54) is 0 Å². The van der Waals surface area contributed by atoms with Gasteiger partial charge in [-0.05, 0) is 5.92 Å². The molecule has 0 spiro atoms. The van der Waals surface area contributed by atoms with E-state index < -0.39 is 0 Å². The molecular formula is C7H13F. The highest BCUT2D eigenvalue weighted by Crippen LogP contribution is 2.12. The number of rotatable bonds is 3. The van der Waals surface area contributed by atoms with Crippen LogP contribution in [-0.2, 0) is 0 Å². The van der Waals surface area contributed by atoms with Crippen molar-refractivity contribution in [3.8, 4) is 0 Å². The van der Waals surface area contributed by atoms with Gasteiger partial charge in [0.25, 0.3) is 0 Å². The first-order chi connectivity index (χ1) is 3.66. The number of hydrogen-bond donors (Lipinski definition) is 0. The lowest BCUT2D eigenvalue weighted by molar-refractivity contribution is 0.480. The third kappa shape index (κ3) is 3.85. The summed E-state index contributed by atoms with van der Waals surface area (Å²) in [6, 6.07) is 0. The fourth-order valence-electron chi connectivity index (χ4n) is 0.522. The van der Waals surface area contributed by atoms with Crippen LogP contribution >= 0.6 is 0 Å². The molecule has 0 aromatic carbocycles. The van der Waals surface area contributed by atoms with Gasteiger partial charge in [-0.15, -0.1) is 0 Å². The molecular weight excluding hydrogens is 103 g/mol. The maximum atomic E-state index is 11.9. The van der Waals surface area contributed by atoms with Crippen LogP contribution < -0.4 is 0 Å². The first-order valence-electron chi connectivity index (χ1n) is 3.00. The Labute approximate surface area is 50.4 Å². The van der Waals surface area contributed by atoms with Crippen LogP contribution in [0.1, 0.15) is 26.7 Å². The highest BCUT2D eigenvalue weighted by molar-refractivity contribution is 4.81. The smallest absolute Gasteiger partial charge is 0.0930 e. The van der Waals surface area contributed by atoms with Gasteiger partial charge in [0.05, 0.1) is 5.83 Å². The summed E-state index contributed by atoms with van der Waals surface area (Å²) >= 11 is 0. The molecule has 1 heteroatoms. The average Bonchev–Trinajstić information content (AvgIpc) is 1.65. The van der Waals surface area contributed by atoms with Crippen molar-refractivity contribution < 1.29 is 4.39 Å². The first kappa shape index (κ1) is 7.67. The average molecular weight is 116 g/mol. The second-order valence-electron chi connectivity index (χ2n) is 2.23. The lowest BCUT2D eigenvalue weighted by atomic mass is 10.1. The summed E-state index contributed by atoms with van der Waals surface area (Å²) in [5.41, 5.74) is 0. The zero-order chi connectivity index (χ0) is 6.57. The maximum absolute atomic E-state index is 11.9. The molecule has 0 aromatic heterocycles. The van der Waals surface area contributed by atoms with Crippen molar-refractivity contribution in [1.29, 1.82) is 0 Å². The van der Waals surface area contributed by atoms with Gasteiger partial charge in [-0.25, -0.2) is 4.39 Å². The second kappa shape index (κ2) is 3.65. The maximum Gasteiger partial charge on any atom is 0.0930 e.